The molecule has 0 aromatic heterocycles. The Morgan fingerprint density at radius 2 is 1.33 bits per heavy atom. The molecule has 0 saturated carbocycles. The molecule has 1 aliphatic carbocycles. The summed E-state index contributed by atoms with van der Waals surface area (Å²) in [6.07, 6.45) is 1.26. The number of benzene rings is 2. The molecule has 3 rings (SSSR count). The van der Waals surface area contributed by atoms with Crippen molar-refractivity contribution < 1.29 is 23.7 Å². The molecule has 8 heteroatoms. The number of hydrogen-bond acceptors (Lipinski definition) is 7. The summed E-state index contributed by atoms with van der Waals surface area (Å²) in [5.74, 6) is -0.368. The first-order valence-electron chi connectivity index (χ1n) is 11.3. The van der Waals surface area contributed by atoms with E-state index in [0.717, 1.165) is 6.42 Å². The number of hydrogen-bond donors (Lipinski definition) is 2. The van der Waals surface area contributed by atoms with Crippen molar-refractivity contribution >= 4 is 18.4 Å². The zero-order valence-electron chi connectivity index (χ0n) is 18.9. The molecule has 0 aliphatic heterocycles. The molecule has 0 spiro atoms. The summed E-state index contributed by atoms with van der Waals surface area (Å²) >= 11 is 0. The van der Waals surface area contributed by atoms with Crippen LogP contribution in [0.5, 0.6) is 0 Å². The monoisotopic (exact) mass is 478 g/mol. The van der Waals surface area contributed by atoms with E-state index < -0.39 is 12.0 Å². The van der Waals surface area contributed by atoms with Gasteiger partial charge in [0.15, 0.2) is 0 Å². The molecule has 2 aromatic rings. The normalized spacial score (nSPS) is 13.2. The Morgan fingerprint density at radius 3 is 1.91 bits per heavy atom. The van der Waals surface area contributed by atoms with Crippen LogP contribution in [0.1, 0.15) is 29.9 Å². The Balaban J connectivity index is 0.00000385. The molecular formula is C25H35ClN2O5. The Kier molecular flexibility index (Phi) is 12.4. The largest absolute Gasteiger partial charge is 0.464 e. The lowest BCUT2D eigenvalue weighted by molar-refractivity contribution is -0.146. The predicted molar refractivity (Wildman–Crippen MR) is 131 cm³/mol. The average Bonchev–Trinajstić information content (AvgIpc) is 3.14. The van der Waals surface area contributed by atoms with E-state index in [1.807, 2.05) is 24.3 Å². The zero-order valence-corrected chi connectivity index (χ0v) is 19.8. The second-order valence-corrected chi connectivity index (χ2v) is 7.73. The van der Waals surface area contributed by atoms with Crippen LogP contribution in [0.15, 0.2) is 48.5 Å². The molecule has 4 N–H and O–H groups in total. The quantitative estimate of drug-likeness (QED) is 0.299. The second kappa shape index (κ2) is 15.0. The number of fused-ring (bicyclic) bond motifs is 3. The summed E-state index contributed by atoms with van der Waals surface area (Å²) in [4.78, 5) is 12.4. The van der Waals surface area contributed by atoms with Gasteiger partial charge >= 0.3 is 5.97 Å². The fourth-order valence-corrected chi connectivity index (χ4v) is 3.77. The molecule has 0 bridgehead atoms. The molecule has 0 heterocycles. The minimum Gasteiger partial charge on any atom is -0.464 e. The average molecular weight is 479 g/mol. The van der Waals surface area contributed by atoms with Crippen molar-refractivity contribution in [3.63, 3.8) is 0 Å². The van der Waals surface area contributed by atoms with E-state index in [0.29, 0.717) is 52.6 Å². The lowest BCUT2D eigenvalue weighted by atomic mass is 9.98. The summed E-state index contributed by atoms with van der Waals surface area (Å²) in [6.45, 7) is 3.93. The number of halogens is 1. The van der Waals surface area contributed by atoms with Gasteiger partial charge in [0.25, 0.3) is 0 Å². The molecule has 0 fully saturated rings. The van der Waals surface area contributed by atoms with Crippen LogP contribution in [-0.2, 0) is 23.7 Å². The first kappa shape index (κ1) is 27.2. The van der Waals surface area contributed by atoms with Gasteiger partial charge in [-0.2, -0.15) is 0 Å². The van der Waals surface area contributed by atoms with E-state index in [2.05, 4.69) is 24.3 Å². The number of esters is 1. The van der Waals surface area contributed by atoms with Crippen LogP contribution in [0.3, 0.4) is 0 Å². The Morgan fingerprint density at radius 1 is 0.818 bits per heavy atom. The van der Waals surface area contributed by atoms with Crippen LogP contribution < -0.4 is 11.5 Å². The van der Waals surface area contributed by atoms with Gasteiger partial charge in [-0.3, -0.25) is 4.79 Å². The predicted octanol–water partition coefficient (Wildman–Crippen LogP) is 2.88. The fourth-order valence-electron chi connectivity index (χ4n) is 3.77. The standard InChI is InChI=1S/C25H34N2O5.ClH/c26-11-5-12-29-14-16-31-17-15-30-13-10-24(27)25(28)32-18-23-21-8-3-1-6-19(21)20-7-2-4-9-22(20)23;/h1-4,6-9,23-24H,5,10-18,26-27H2;1H. The fraction of sp³-hybridized carbons (Fsp3) is 0.480. The highest BCUT2D eigenvalue weighted by Crippen LogP contribution is 2.44. The van der Waals surface area contributed by atoms with Crippen molar-refractivity contribution in [3.8, 4) is 11.1 Å². The summed E-state index contributed by atoms with van der Waals surface area (Å²) in [5.41, 5.74) is 16.2. The van der Waals surface area contributed by atoms with Gasteiger partial charge in [0, 0.05) is 19.1 Å². The zero-order chi connectivity index (χ0) is 22.6. The summed E-state index contributed by atoms with van der Waals surface area (Å²) < 4.78 is 21.8. The molecule has 2 aromatic carbocycles. The van der Waals surface area contributed by atoms with Crippen molar-refractivity contribution in [1.29, 1.82) is 0 Å². The highest BCUT2D eigenvalue weighted by Gasteiger charge is 2.29. The minimum absolute atomic E-state index is 0. The molecular weight excluding hydrogens is 444 g/mol. The lowest BCUT2D eigenvalue weighted by Gasteiger charge is -2.16. The number of rotatable bonds is 15. The molecule has 0 radical (unpaired) electrons. The topological polar surface area (TPSA) is 106 Å². The van der Waals surface area contributed by atoms with Gasteiger partial charge in [-0.25, -0.2) is 0 Å². The van der Waals surface area contributed by atoms with Crippen LogP contribution in [-0.4, -0.2) is 64.8 Å². The van der Waals surface area contributed by atoms with Crippen molar-refractivity contribution in [2.75, 3.05) is 52.8 Å². The van der Waals surface area contributed by atoms with Gasteiger partial charge in [0.1, 0.15) is 12.6 Å². The number of ether oxygens (including phenoxy) is 4. The molecule has 7 nitrogen and oxygen atoms in total. The van der Waals surface area contributed by atoms with Gasteiger partial charge < -0.3 is 30.4 Å². The van der Waals surface area contributed by atoms with Gasteiger partial charge in [-0.05, 0) is 41.6 Å². The highest BCUT2D eigenvalue weighted by molar-refractivity contribution is 5.85. The minimum atomic E-state index is -0.709. The smallest absolute Gasteiger partial charge is 0.323 e. The lowest BCUT2D eigenvalue weighted by Crippen LogP contribution is -2.34. The van der Waals surface area contributed by atoms with Gasteiger partial charge in [0.2, 0.25) is 0 Å². The SMILES string of the molecule is Cl.NCCCOCCOCCOCCC(N)C(=O)OCC1c2ccccc2-c2ccccc21. The van der Waals surface area contributed by atoms with Crippen molar-refractivity contribution in [3.05, 3.63) is 59.7 Å². The van der Waals surface area contributed by atoms with Crippen molar-refractivity contribution in [1.82, 2.24) is 0 Å². The van der Waals surface area contributed by atoms with Crippen molar-refractivity contribution in [2.45, 2.75) is 24.8 Å². The van der Waals surface area contributed by atoms with E-state index in [1.54, 1.807) is 0 Å². The van der Waals surface area contributed by atoms with E-state index >= 15 is 0 Å². The maximum absolute atomic E-state index is 12.4. The third-order valence-electron chi connectivity index (χ3n) is 5.47. The summed E-state index contributed by atoms with van der Waals surface area (Å²) in [5, 5.41) is 0. The van der Waals surface area contributed by atoms with Crippen LogP contribution >= 0.6 is 12.4 Å². The Bertz CT molecular complexity index is 806. The number of nitrogens with two attached hydrogens (primary N) is 2. The van der Waals surface area contributed by atoms with Gasteiger partial charge in [-0.1, -0.05) is 48.5 Å². The van der Waals surface area contributed by atoms with E-state index in [1.165, 1.54) is 22.3 Å². The molecule has 1 atom stereocenters. The maximum atomic E-state index is 12.4. The molecule has 1 unspecified atom stereocenters. The van der Waals surface area contributed by atoms with Crippen LogP contribution in [0.2, 0.25) is 0 Å². The Hall–Kier alpha value is -2.00. The summed E-state index contributed by atoms with van der Waals surface area (Å²) in [7, 11) is 0. The molecule has 0 saturated heterocycles. The van der Waals surface area contributed by atoms with E-state index in [-0.39, 0.29) is 24.9 Å². The van der Waals surface area contributed by atoms with Crippen molar-refractivity contribution in [2.24, 2.45) is 11.5 Å². The van der Waals surface area contributed by atoms with Gasteiger partial charge in [0.05, 0.1) is 26.4 Å². The number of carbonyl (C=O) groups is 1. The first-order chi connectivity index (χ1) is 15.7. The first-order valence-corrected chi connectivity index (χ1v) is 11.3. The van der Waals surface area contributed by atoms with Crippen LogP contribution in [0.25, 0.3) is 11.1 Å². The Labute approximate surface area is 202 Å². The van der Waals surface area contributed by atoms with E-state index in [9.17, 15) is 4.79 Å². The molecule has 33 heavy (non-hydrogen) atoms. The number of carbonyl (C=O) groups excluding carboxylic acids is 1. The second-order valence-electron chi connectivity index (χ2n) is 7.73. The third-order valence-corrected chi connectivity index (χ3v) is 5.47. The molecule has 182 valence electrons. The maximum Gasteiger partial charge on any atom is 0.323 e. The van der Waals surface area contributed by atoms with Gasteiger partial charge in [-0.15, -0.1) is 12.4 Å². The summed E-state index contributed by atoms with van der Waals surface area (Å²) in [6, 6.07) is 15.8. The van der Waals surface area contributed by atoms with Crippen LogP contribution in [0.4, 0.5) is 0 Å². The third kappa shape index (κ3) is 8.07. The van der Waals surface area contributed by atoms with E-state index in [4.69, 9.17) is 30.4 Å². The molecule has 1 aliphatic rings. The van der Waals surface area contributed by atoms with Crippen LogP contribution in [0, 0.1) is 0 Å². The molecule has 0 amide bonds. The highest BCUT2D eigenvalue weighted by atomic mass is 35.5.